The van der Waals surface area contributed by atoms with Gasteiger partial charge in [0.15, 0.2) is 11.6 Å². The lowest BCUT2D eigenvalue weighted by Gasteiger charge is -2.28. The van der Waals surface area contributed by atoms with Gasteiger partial charge in [-0.3, -0.25) is 0 Å². The molecule has 0 bridgehead atoms. The van der Waals surface area contributed by atoms with Crippen LogP contribution in [0.5, 0.6) is 0 Å². The number of benzene rings is 1. The molecule has 26 heavy (non-hydrogen) atoms. The van der Waals surface area contributed by atoms with Gasteiger partial charge in [-0.2, -0.15) is 0 Å². The molecule has 1 aliphatic carbocycles. The molecule has 148 valence electrons. The van der Waals surface area contributed by atoms with E-state index in [2.05, 4.69) is 13.8 Å². The molecule has 0 N–H and O–H groups in total. The van der Waals surface area contributed by atoms with Crippen LogP contribution in [0.15, 0.2) is 12.1 Å². The lowest BCUT2D eigenvalue weighted by Crippen LogP contribution is -2.15. The summed E-state index contributed by atoms with van der Waals surface area (Å²) in [6, 6.07) is 3.64. The fourth-order valence-electron chi connectivity index (χ4n) is 4.43. The fourth-order valence-corrected chi connectivity index (χ4v) is 4.43. The molecule has 1 fully saturated rings. The minimum atomic E-state index is -0.599. The summed E-state index contributed by atoms with van der Waals surface area (Å²) in [5.41, 5.74) is 1.12. The van der Waals surface area contributed by atoms with Crippen molar-refractivity contribution in [3.8, 4) is 0 Å². The minimum absolute atomic E-state index is 0.548. The van der Waals surface area contributed by atoms with E-state index in [-0.39, 0.29) is 0 Å². The number of hydrogen-bond donors (Lipinski definition) is 0. The van der Waals surface area contributed by atoms with E-state index in [9.17, 15) is 8.78 Å². The van der Waals surface area contributed by atoms with Crippen LogP contribution in [0.1, 0.15) is 102 Å². The van der Waals surface area contributed by atoms with E-state index in [4.69, 9.17) is 0 Å². The molecule has 0 heterocycles. The van der Waals surface area contributed by atoms with Gasteiger partial charge >= 0.3 is 0 Å². The Balaban J connectivity index is 1.76. The fraction of sp³-hybridized carbons (Fsp3) is 0.750. The van der Waals surface area contributed by atoms with Gasteiger partial charge in [-0.1, -0.05) is 90.2 Å². The second-order valence-corrected chi connectivity index (χ2v) is 8.39. The Labute approximate surface area is 159 Å². The summed E-state index contributed by atoms with van der Waals surface area (Å²) in [6.45, 7) is 4.38. The molecule has 2 rings (SSSR count). The van der Waals surface area contributed by atoms with Gasteiger partial charge < -0.3 is 0 Å². The van der Waals surface area contributed by atoms with Crippen molar-refractivity contribution in [1.29, 1.82) is 0 Å². The molecule has 1 aromatic rings. The summed E-state index contributed by atoms with van der Waals surface area (Å²) in [5.74, 6) is 0.420. The molecule has 1 saturated carbocycles. The van der Waals surface area contributed by atoms with Crippen LogP contribution >= 0.6 is 0 Å². The topological polar surface area (TPSA) is 0 Å². The van der Waals surface area contributed by atoms with E-state index in [0.29, 0.717) is 29.9 Å². The summed E-state index contributed by atoms with van der Waals surface area (Å²) >= 11 is 0. The van der Waals surface area contributed by atoms with Gasteiger partial charge in [-0.15, -0.1) is 0 Å². The van der Waals surface area contributed by atoms with Crippen molar-refractivity contribution in [2.75, 3.05) is 0 Å². The first-order valence-electron chi connectivity index (χ1n) is 11.1. The second-order valence-electron chi connectivity index (χ2n) is 8.39. The second kappa shape index (κ2) is 11.7. The van der Waals surface area contributed by atoms with Gasteiger partial charge in [0.05, 0.1) is 0 Å². The van der Waals surface area contributed by atoms with Crippen LogP contribution in [0.3, 0.4) is 0 Å². The quantitative estimate of drug-likeness (QED) is 0.349. The van der Waals surface area contributed by atoms with Gasteiger partial charge in [-0.05, 0) is 48.6 Å². The van der Waals surface area contributed by atoms with Gasteiger partial charge in [0.2, 0.25) is 0 Å². The molecular formula is C24H38F2. The predicted molar refractivity (Wildman–Crippen MR) is 107 cm³/mol. The molecule has 1 aromatic carbocycles. The molecule has 0 aromatic heterocycles. The average Bonchev–Trinajstić information content (AvgIpc) is 2.66. The monoisotopic (exact) mass is 364 g/mol. The van der Waals surface area contributed by atoms with Crippen LogP contribution < -0.4 is 0 Å². The number of aryl methyl sites for hydroxylation is 2. The number of unbranched alkanes of at least 4 members (excludes halogenated alkanes) is 4. The van der Waals surface area contributed by atoms with Gasteiger partial charge in [-0.25, -0.2) is 8.78 Å². The first-order valence-corrected chi connectivity index (χ1v) is 11.1. The zero-order chi connectivity index (χ0) is 18.8. The zero-order valence-corrected chi connectivity index (χ0v) is 17.0. The normalized spacial score (nSPS) is 20.5. The van der Waals surface area contributed by atoms with Crippen molar-refractivity contribution in [3.05, 3.63) is 34.9 Å². The number of hydrogen-bond acceptors (Lipinski definition) is 0. The molecule has 1 aliphatic rings. The third-order valence-electron chi connectivity index (χ3n) is 6.30. The van der Waals surface area contributed by atoms with E-state index in [0.717, 1.165) is 31.6 Å². The largest absolute Gasteiger partial charge is 0.203 e. The number of rotatable bonds is 11. The highest BCUT2D eigenvalue weighted by atomic mass is 19.2. The summed E-state index contributed by atoms with van der Waals surface area (Å²) in [6.07, 6.45) is 16.1. The highest BCUT2D eigenvalue weighted by Gasteiger charge is 2.21. The van der Waals surface area contributed by atoms with Crippen molar-refractivity contribution >= 4 is 0 Å². The maximum atomic E-state index is 14.4. The van der Waals surface area contributed by atoms with Crippen LogP contribution in [0.4, 0.5) is 8.78 Å². The van der Waals surface area contributed by atoms with Crippen LogP contribution in [0, 0.1) is 23.5 Å². The van der Waals surface area contributed by atoms with Crippen molar-refractivity contribution in [3.63, 3.8) is 0 Å². The summed E-state index contributed by atoms with van der Waals surface area (Å²) in [4.78, 5) is 0. The third-order valence-corrected chi connectivity index (χ3v) is 6.30. The summed E-state index contributed by atoms with van der Waals surface area (Å²) in [7, 11) is 0. The Morgan fingerprint density at radius 2 is 1.19 bits per heavy atom. The van der Waals surface area contributed by atoms with E-state index < -0.39 is 11.6 Å². The maximum Gasteiger partial charge on any atom is 0.162 e. The smallest absolute Gasteiger partial charge is 0.162 e. The molecule has 0 atom stereocenters. The van der Waals surface area contributed by atoms with Crippen LogP contribution in [-0.4, -0.2) is 0 Å². The van der Waals surface area contributed by atoms with Crippen molar-refractivity contribution in [1.82, 2.24) is 0 Å². The molecule has 0 radical (unpaired) electrons. The van der Waals surface area contributed by atoms with Gasteiger partial charge in [0, 0.05) is 0 Å². The Morgan fingerprint density at radius 3 is 1.77 bits per heavy atom. The Hall–Kier alpha value is -0.920. The Morgan fingerprint density at radius 1 is 0.692 bits per heavy atom. The van der Waals surface area contributed by atoms with Crippen molar-refractivity contribution in [2.24, 2.45) is 11.8 Å². The van der Waals surface area contributed by atoms with Crippen molar-refractivity contribution < 1.29 is 8.78 Å². The maximum absolute atomic E-state index is 14.4. The first-order chi connectivity index (χ1) is 12.7. The molecule has 0 unspecified atom stereocenters. The molecule has 2 heteroatoms. The summed E-state index contributed by atoms with van der Waals surface area (Å²) < 4.78 is 28.7. The average molecular weight is 365 g/mol. The first kappa shape index (κ1) is 21.4. The van der Waals surface area contributed by atoms with E-state index in [1.165, 1.54) is 51.4 Å². The van der Waals surface area contributed by atoms with Crippen LogP contribution in [0.25, 0.3) is 0 Å². The molecule has 0 nitrogen and oxygen atoms in total. The molecule has 0 amide bonds. The Bertz CT molecular complexity index is 515. The third kappa shape index (κ3) is 6.67. The SMILES string of the molecule is CCCCCc1ccc(CCC2CCC(CCCCC)CC2)c(F)c1F. The van der Waals surface area contributed by atoms with E-state index in [1.54, 1.807) is 0 Å². The zero-order valence-electron chi connectivity index (χ0n) is 17.0. The van der Waals surface area contributed by atoms with Crippen molar-refractivity contribution in [2.45, 2.75) is 104 Å². The van der Waals surface area contributed by atoms with E-state index >= 15 is 0 Å². The van der Waals surface area contributed by atoms with Crippen LogP contribution in [-0.2, 0) is 12.8 Å². The lowest BCUT2D eigenvalue weighted by atomic mass is 9.77. The summed E-state index contributed by atoms with van der Waals surface area (Å²) in [5, 5.41) is 0. The van der Waals surface area contributed by atoms with Gasteiger partial charge in [0.1, 0.15) is 0 Å². The number of halogens is 2. The standard InChI is InChI=1S/C24H38F2/c1-3-5-7-9-19-11-13-20(14-12-19)15-16-22-18-17-21(10-8-6-4-2)23(25)24(22)26/h17-20H,3-16H2,1-2H3. The van der Waals surface area contributed by atoms with Gasteiger partial charge in [0.25, 0.3) is 0 Å². The van der Waals surface area contributed by atoms with E-state index in [1.807, 2.05) is 12.1 Å². The lowest BCUT2D eigenvalue weighted by molar-refractivity contribution is 0.248. The molecule has 0 spiro atoms. The predicted octanol–water partition coefficient (Wildman–Crippen LogP) is 8.02. The molecule has 0 aliphatic heterocycles. The highest BCUT2D eigenvalue weighted by Crippen LogP contribution is 2.34. The minimum Gasteiger partial charge on any atom is -0.203 e. The highest BCUT2D eigenvalue weighted by molar-refractivity contribution is 5.26. The Kier molecular flexibility index (Phi) is 9.64. The molecule has 0 saturated heterocycles. The molecular weight excluding hydrogens is 326 g/mol. The van der Waals surface area contributed by atoms with Crippen LogP contribution in [0.2, 0.25) is 0 Å².